The summed E-state index contributed by atoms with van der Waals surface area (Å²) in [4.78, 5) is 39.9. The van der Waals surface area contributed by atoms with Crippen LogP contribution in [0.1, 0.15) is 13.3 Å². The van der Waals surface area contributed by atoms with E-state index in [1.165, 1.54) is 6.92 Å². The number of carbonyl (C=O) groups excluding carboxylic acids is 2. The number of aliphatic imine (C=N–C) groups is 2. The second-order valence-corrected chi connectivity index (χ2v) is 3.64. The van der Waals surface area contributed by atoms with E-state index in [1.54, 1.807) is 0 Å². The highest BCUT2D eigenvalue weighted by Crippen LogP contribution is 2.20. The second-order valence-electron chi connectivity index (χ2n) is 3.64. The van der Waals surface area contributed by atoms with Gasteiger partial charge < -0.3 is 10.1 Å². The fourth-order valence-corrected chi connectivity index (χ4v) is 1.47. The van der Waals surface area contributed by atoms with Crippen LogP contribution in [0.4, 0.5) is 0 Å². The Morgan fingerprint density at radius 2 is 2.28 bits per heavy atom. The first-order chi connectivity index (χ1) is 8.41. The van der Waals surface area contributed by atoms with Crippen molar-refractivity contribution in [2.24, 2.45) is 9.98 Å². The highest BCUT2D eigenvalue weighted by atomic mass is 16.6. The minimum Gasteiger partial charge on any atom is -0.467 e. The Kier molecular flexibility index (Phi) is 4.08. The first kappa shape index (κ1) is 13.7. The van der Waals surface area contributed by atoms with Crippen molar-refractivity contribution < 1.29 is 19.2 Å². The van der Waals surface area contributed by atoms with Gasteiger partial charge in [0.15, 0.2) is 0 Å². The second kappa shape index (κ2) is 5.34. The highest BCUT2D eigenvalue weighted by molar-refractivity contribution is 5.87. The Labute approximate surface area is 102 Å². The molecule has 0 aromatic carbocycles. The Morgan fingerprint density at radius 3 is 2.67 bits per heavy atom. The Balaban J connectivity index is 2.91. The van der Waals surface area contributed by atoms with Crippen LogP contribution in [0, 0.1) is 10.1 Å². The normalized spacial score (nSPS) is 22.6. The lowest BCUT2D eigenvalue weighted by Gasteiger charge is -2.20. The van der Waals surface area contributed by atoms with Crippen LogP contribution < -0.4 is 5.32 Å². The van der Waals surface area contributed by atoms with E-state index >= 15 is 0 Å². The number of amides is 1. The van der Waals surface area contributed by atoms with Gasteiger partial charge in [-0.2, -0.15) is 4.99 Å². The predicted octanol–water partition coefficient (Wildman–Crippen LogP) is -0.860. The summed E-state index contributed by atoms with van der Waals surface area (Å²) in [6, 6.07) is -1.15. The quantitative estimate of drug-likeness (QED) is 0.389. The van der Waals surface area contributed by atoms with Crippen molar-refractivity contribution >= 4 is 24.4 Å². The zero-order valence-corrected chi connectivity index (χ0v) is 9.82. The molecule has 18 heavy (non-hydrogen) atoms. The molecule has 1 heterocycles. The molecule has 0 spiro atoms. The monoisotopic (exact) mass is 256 g/mol. The van der Waals surface area contributed by atoms with Crippen LogP contribution in [0.25, 0.3) is 0 Å². The maximum atomic E-state index is 11.4. The minimum atomic E-state index is -1.83. The summed E-state index contributed by atoms with van der Waals surface area (Å²) in [5.74, 6) is -1.27. The third kappa shape index (κ3) is 2.87. The summed E-state index contributed by atoms with van der Waals surface area (Å²) in [6.07, 6.45) is 1.70. The number of ether oxygens (including phenoxy) is 1. The summed E-state index contributed by atoms with van der Waals surface area (Å²) in [5, 5.41) is 13.3. The molecule has 0 saturated heterocycles. The van der Waals surface area contributed by atoms with Gasteiger partial charge in [0, 0.05) is 6.92 Å². The highest BCUT2D eigenvalue weighted by Gasteiger charge is 2.47. The van der Waals surface area contributed by atoms with Crippen molar-refractivity contribution in [3.63, 3.8) is 0 Å². The van der Waals surface area contributed by atoms with E-state index in [1.807, 2.05) is 0 Å². The largest absolute Gasteiger partial charge is 0.467 e. The van der Waals surface area contributed by atoms with Crippen molar-refractivity contribution in [3.05, 3.63) is 10.1 Å². The number of methoxy groups -OCH3 is 1. The summed E-state index contributed by atoms with van der Waals surface area (Å²) in [6.45, 7) is 1.20. The van der Waals surface area contributed by atoms with Crippen LogP contribution in [0.5, 0.6) is 0 Å². The number of hydrogen-bond acceptors (Lipinski definition) is 7. The lowest BCUT2D eigenvalue weighted by molar-refractivity contribution is -0.544. The molecule has 0 aromatic heterocycles. The van der Waals surface area contributed by atoms with Gasteiger partial charge in [0.25, 0.3) is 0 Å². The zero-order valence-electron chi connectivity index (χ0n) is 9.82. The molecule has 1 rings (SSSR count). The van der Waals surface area contributed by atoms with Crippen molar-refractivity contribution in [2.75, 3.05) is 7.11 Å². The van der Waals surface area contributed by atoms with Crippen LogP contribution >= 0.6 is 0 Å². The molecule has 9 nitrogen and oxygen atoms in total. The van der Waals surface area contributed by atoms with Crippen molar-refractivity contribution in [1.29, 1.82) is 0 Å². The summed E-state index contributed by atoms with van der Waals surface area (Å²) < 4.78 is 4.48. The third-order valence-electron chi connectivity index (χ3n) is 2.31. The van der Waals surface area contributed by atoms with Gasteiger partial charge in [-0.3, -0.25) is 14.9 Å². The molecule has 0 radical (unpaired) electrons. The Bertz CT molecular complexity index is 419. The molecule has 0 aromatic rings. The zero-order chi connectivity index (χ0) is 13.8. The van der Waals surface area contributed by atoms with Gasteiger partial charge in [0.05, 0.1) is 18.5 Å². The van der Waals surface area contributed by atoms with E-state index in [0.29, 0.717) is 0 Å². The van der Waals surface area contributed by atoms with Crippen LogP contribution in [0.2, 0.25) is 0 Å². The van der Waals surface area contributed by atoms with E-state index in [2.05, 4.69) is 20.0 Å². The maximum absolute atomic E-state index is 11.4. The molecular formula is C9H12N4O5. The van der Waals surface area contributed by atoms with Crippen molar-refractivity contribution in [1.82, 2.24) is 5.32 Å². The first-order valence-corrected chi connectivity index (χ1v) is 4.99. The topological polar surface area (TPSA) is 123 Å². The number of nitrogens with zero attached hydrogens (tertiary/aromatic N) is 3. The number of nitro groups is 1. The van der Waals surface area contributed by atoms with Gasteiger partial charge in [-0.1, -0.05) is 0 Å². The van der Waals surface area contributed by atoms with Gasteiger partial charge in [-0.05, 0) is 0 Å². The SMILES string of the molecule is COC(=O)C(CC1([N+](=O)[O-])C=NC=N1)NC(C)=O. The lowest BCUT2D eigenvalue weighted by Crippen LogP contribution is -2.49. The molecule has 1 amide bonds. The summed E-state index contributed by atoms with van der Waals surface area (Å²) >= 11 is 0. The Morgan fingerprint density at radius 1 is 1.61 bits per heavy atom. The molecule has 0 aliphatic carbocycles. The van der Waals surface area contributed by atoms with Crippen LogP contribution in [0.3, 0.4) is 0 Å². The molecule has 2 atom stereocenters. The number of esters is 1. The molecule has 1 aliphatic rings. The average molecular weight is 256 g/mol. The smallest absolute Gasteiger partial charge is 0.352 e. The van der Waals surface area contributed by atoms with Crippen LogP contribution in [0.15, 0.2) is 9.98 Å². The minimum absolute atomic E-state index is 0.355. The average Bonchev–Trinajstić information content (AvgIpc) is 2.76. The molecule has 0 bridgehead atoms. The molecule has 98 valence electrons. The summed E-state index contributed by atoms with van der Waals surface area (Å²) in [5.41, 5.74) is -1.83. The van der Waals surface area contributed by atoms with Gasteiger partial charge in [0.2, 0.25) is 5.91 Å². The lowest BCUT2D eigenvalue weighted by atomic mass is 10.0. The van der Waals surface area contributed by atoms with Gasteiger partial charge in [0.1, 0.15) is 18.6 Å². The number of rotatable bonds is 5. The van der Waals surface area contributed by atoms with E-state index < -0.39 is 28.5 Å². The third-order valence-corrected chi connectivity index (χ3v) is 2.31. The first-order valence-electron chi connectivity index (χ1n) is 4.99. The van der Waals surface area contributed by atoms with Gasteiger partial charge in [-0.25, -0.2) is 9.79 Å². The van der Waals surface area contributed by atoms with Crippen LogP contribution in [-0.4, -0.2) is 48.2 Å². The molecule has 9 heteroatoms. The molecule has 1 N–H and O–H groups in total. The van der Waals surface area contributed by atoms with E-state index in [4.69, 9.17) is 0 Å². The summed E-state index contributed by atoms with van der Waals surface area (Å²) in [7, 11) is 1.13. The van der Waals surface area contributed by atoms with E-state index in [0.717, 1.165) is 19.7 Å². The molecular weight excluding hydrogens is 244 g/mol. The van der Waals surface area contributed by atoms with Crippen LogP contribution in [-0.2, 0) is 14.3 Å². The van der Waals surface area contributed by atoms with E-state index in [-0.39, 0.29) is 6.42 Å². The van der Waals surface area contributed by atoms with Gasteiger partial charge >= 0.3 is 11.6 Å². The fourth-order valence-electron chi connectivity index (χ4n) is 1.47. The Hall–Kier alpha value is -2.32. The molecule has 1 aliphatic heterocycles. The maximum Gasteiger partial charge on any atom is 0.352 e. The predicted molar refractivity (Wildman–Crippen MR) is 60.9 cm³/mol. The van der Waals surface area contributed by atoms with Crippen molar-refractivity contribution in [2.45, 2.75) is 25.0 Å². The van der Waals surface area contributed by atoms with E-state index in [9.17, 15) is 19.7 Å². The fraction of sp³-hybridized carbons (Fsp3) is 0.556. The molecule has 0 fully saturated rings. The van der Waals surface area contributed by atoms with Gasteiger partial charge in [-0.15, -0.1) is 0 Å². The number of hydrogen-bond donors (Lipinski definition) is 1. The van der Waals surface area contributed by atoms with Crippen molar-refractivity contribution in [3.8, 4) is 0 Å². The standard InChI is InChI=1S/C9H12N4O5/c1-6(14)12-7(8(15)18-2)3-9(13(16)17)4-10-5-11-9/h4-5,7H,3H2,1-2H3,(H,12,14). The number of carbonyl (C=O) groups is 2. The molecule has 0 saturated carbocycles. The number of nitrogens with one attached hydrogen (secondary N) is 1. The molecule has 2 unspecified atom stereocenters.